The third-order valence-corrected chi connectivity index (χ3v) is 6.63. The van der Waals surface area contributed by atoms with E-state index >= 15 is 0 Å². The largest absolute Gasteiger partial charge is 0.464 e. The molecular formula is C29H30N4O4. The number of esters is 1. The first-order chi connectivity index (χ1) is 18.1. The van der Waals surface area contributed by atoms with Gasteiger partial charge in [-0.25, -0.2) is 9.78 Å². The van der Waals surface area contributed by atoms with Gasteiger partial charge in [0.25, 0.3) is 0 Å². The Bertz CT molecular complexity index is 1380. The summed E-state index contributed by atoms with van der Waals surface area (Å²) in [5.41, 5.74) is 4.37. The molecule has 0 spiro atoms. The Hall–Kier alpha value is -4.17. The molecule has 2 aromatic carbocycles. The number of rotatable bonds is 9. The summed E-state index contributed by atoms with van der Waals surface area (Å²) in [7, 11) is 1.35. The summed E-state index contributed by atoms with van der Waals surface area (Å²) in [6.07, 6.45) is 3.09. The fraction of sp³-hybridized carbons (Fsp3) is 0.276. The monoisotopic (exact) mass is 498 g/mol. The van der Waals surface area contributed by atoms with E-state index in [9.17, 15) is 9.59 Å². The molecule has 2 aromatic heterocycles. The predicted octanol–water partition coefficient (Wildman–Crippen LogP) is 4.65. The molecule has 2 N–H and O–H groups in total. The van der Waals surface area contributed by atoms with Gasteiger partial charge in [0.05, 0.1) is 37.2 Å². The van der Waals surface area contributed by atoms with Crippen LogP contribution in [0, 0.1) is 5.92 Å². The topological polar surface area (TPSA) is 94.5 Å². The summed E-state index contributed by atoms with van der Waals surface area (Å²) in [5, 5.41) is 7.10. The van der Waals surface area contributed by atoms with Gasteiger partial charge >= 0.3 is 5.97 Å². The number of carbonyl (C=O) groups excluding carboxylic acids is 2. The number of aryl methyl sites for hydroxylation is 2. The van der Waals surface area contributed by atoms with Crippen LogP contribution < -0.4 is 10.6 Å². The lowest BCUT2D eigenvalue weighted by Gasteiger charge is -2.12. The molecule has 0 bridgehead atoms. The third kappa shape index (κ3) is 5.49. The number of ether oxygens (including phenoxy) is 2. The van der Waals surface area contributed by atoms with Crippen LogP contribution in [0.2, 0.25) is 0 Å². The number of nitrogens with one attached hydrogen (secondary N) is 2. The number of carbonyl (C=O) groups is 2. The van der Waals surface area contributed by atoms with Gasteiger partial charge in [-0.3, -0.25) is 4.79 Å². The molecule has 0 unspecified atom stereocenters. The highest BCUT2D eigenvalue weighted by Crippen LogP contribution is 2.34. The zero-order valence-corrected chi connectivity index (χ0v) is 20.8. The summed E-state index contributed by atoms with van der Waals surface area (Å²) in [4.78, 5) is 30.9. The average Bonchev–Trinajstić information content (AvgIpc) is 3.59. The van der Waals surface area contributed by atoms with Gasteiger partial charge in [-0.05, 0) is 30.0 Å². The van der Waals surface area contributed by atoms with Gasteiger partial charge in [0.15, 0.2) is 5.69 Å². The van der Waals surface area contributed by atoms with E-state index in [0.717, 1.165) is 16.8 Å². The fourth-order valence-electron chi connectivity index (χ4n) is 4.63. The van der Waals surface area contributed by atoms with Crippen molar-refractivity contribution in [1.82, 2.24) is 9.55 Å². The van der Waals surface area contributed by atoms with E-state index in [1.165, 1.54) is 7.11 Å². The lowest BCUT2D eigenvalue weighted by atomic mass is 10.1. The number of hydrogen-bond donors (Lipinski definition) is 2. The smallest absolute Gasteiger partial charge is 0.356 e. The lowest BCUT2D eigenvalue weighted by Crippen LogP contribution is -2.24. The van der Waals surface area contributed by atoms with E-state index < -0.39 is 5.97 Å². The summed E-state index contributed by atoms with van der Waals surface area (Å²) in [6.45, 7) is 2.04. The molecule has 1 saturated heterocycles. The minimum absolute atomic E-state index is 0.174. The third-order valence-electron chi connectivity index (χ3n) is 6.63. The van der Waals surface area contributed by atoms with Gasteiger partial charge in [-0.15, -0.1) is 0 Å². The molecule has 1 aliphatic heterocycles. The Kier molecular flexibility index (Phi) is 7.46. The molecule has 3 heterocycles. The molecule has 4 aromatic rings. The van der Waals surface area contributed by atoms with E-state index in [0.29, 0.717) is 55.9 Å². The molecule has 0 radical (unpaired) electrons. The molecule has 37 heavy (non-hydrogen) atoms. The highest BCUT2D eigenvalue weighted by molar-refractivity contribution is 6.11. The zero-order valence-electron chi connectivity index (χ0n) is 20.8. The average molecular weight is 499 g/mol. The molecule has 190 valence electrons. The van der Waals surface area contributed by atoms with Crippen molar-refractivity contribution in [3.63, 3.8) is 0 Å². The summed E-state index contributed by atoms with van der Waals surface area (Å²) >= 11 is 0. The number of benzene rings is 2. The molecule has 0 saturated carbocycles. The zero-order chi connectivity index (χ0) is 25.6. The van der Waals surface area contributed by atoms with Crippen molar-refractivity contribution in [2.24, 2.45) is 5.92 Å². The van der Waals surface area contributed by atoms with Gasteiger partial charge in [-0.1, -0.05) is 60.7 Å². The van der Waals surface area contributed by atoms with Crippen LogP contribution in [0.25, 0.3) is 11.0 Å². The van der Waals surface area contributed by atoms with Gasteiger partial charge in [-0.2, -0.15) is 0 Å². The van der Waals surface area contributed by atoms with Crippen LogP contribution in [-0.4, -0.2) is 41.8 Å². The Morgan fingerprint density at radius 3 is 2.49 bits per heavy atom. The fourth-order valence-corrected chi connectivity index (χ4v) is 4.63. The second-order valence-corrected chi connectivity index (χ2v) is 9.09. The van der Waals surface area contributed by atoms with Crippen LogP contribution in [0.3, 0.4) is 0 Å². The predicted molar refractivity (Wildman–Crippen MR) is 143 cm³/mol. The van der Waals surface area contributed by atoms with E-state index in [2.05, 4.69) is 10.6 Å². The Labute approximate surface area is 215 Å². The highest BCUT2D eigenvalue weighted by atomic mass is 16.5. The number of aromatic nitrogens is 2. The number of anilines is 2. The van der Waals surface area contributed by atoms with Crippen molar-refractivity contribution in [1.29, 1.82) is 0 Å². The maximum Gasteiger partial charge on any atom is 0.356 e. The van der Waals surface area contributed by atoms with Crippen molar-refractivity contribution in [2.75, 3.05) is 31.0 Å². The molecule has 1 amide bonds. The van der Waals surface area contributed by atoms with E-state index in [1.54, 1.807) is 6.20 Å². The Morgan fingerprint density at radius 1 is 1.08 bits per heavy atom. The molecule has 5 rings (SSSR count). The number of methoxy groups -OCH3 is 1. The van der Waals surface area contributed by atoms with E-state index in [1.807, 2.05) is 71.3 Å². The van der Waals surface area contributed by atoms with Gasteiger partial charge in [0.1, 0.15) is 5.65 Å². The first-order valence-electron chi connectivity index (χ1n) is 12.4. The SMILES string of the molecule is COC(=O)c1c(NC(=O)[C@H]2CCOC2)c2cc(NCc3ccccc3)cnc2n1CCc1ccccc1. The molecule has 8 heteroatoms. The first-order valence-corrected chi connectivity index (χ1v) is 12.4. The summed E-state index contributed by atoms with van der Waals surface area (Å²) in [5.74, 6) is -0.962. The van der Waals surface area contributed by atoms with Crippen molar-refractivity contribution >= 4 is 34.3 Å². The molecule has 1 fully saturated rings. The maximum absolute atomic E-state index is 13.1. The minimum atomic E-state index is -0.525. The number of fused-ring (bicyclic) bond motifs is 1. The maximum atomic E-state index is 13.1. The van der Waals surface area contributed by atoms with Crippen LogP contribution in [-0.2, 0) is 33.8 Å². The van der Waals surface area contributed by atoms with Gasteiger partial charge < -0.3 is 24.7 Å². The summed E-state index contributed by atoms with van der Waals surface area (Å²) in [6, 6.07) is 22.0. The van der Waals surface area contributed by atoms with Crippen LogP contribution in [0.4, 0.5) is 11.4 Å². The van der Waals surface area contributed by atoms with Crippen LogP contribution in [0.5, 0.6) is 0 Å². The standard InChI is InChI=1S/C29H30N4O4/c1-36-29(35)26-25(32-28(34)22-13-15-37-19-22)24-16-23(30-17-21-10-6-3-7-11-21)18-31-27(24)33(26)14-12-20-8-4-2-5-9-20/h2-11,16,18,22,30H,12-15,17,19H2,1H3,(H,32,34)/t22-/m0/s1. The van der Waals surface area contributed by atoms with Crippen molar-refractivity contribution in [2.45, 2.75) is 25.9 Å². The Balaban J connectivity index is 1.54. The minimum Gasteiger partial charge on any atom is -0.464 e. The van der Waals surface area contributed by atoms with Gasteiger partial charge in [0, 0.05) is 25.1 Å². The number of hydrogen-bond acceptors (Lipinski definition) is 6. The molecule has 1 aliphatic rings. The molecule has 1 atom stereocenters. The van der Waals surface area contributed by atoms with Gasteiger partial charge in [0.2, 0.25) is 5.91 Å². The van der Waals surface area contributed by atoms with E-state index in [4.69, 9.17) is 14.5 Å². The van der Waals surface area contributed by atoms with Crippen molar-refractivity contribution in [3.05, 3.63) is 89.7 Å². The van der Waals surface area contributed by atoms with Crippen molar-refractivity contribution < 1.29 is 19.1 Å². The van der Waals surface area contributed by atoms with Crippen molar-refractivity contribution in [3.8, 4) is 0 Å². The second kappa shape index (κ2) is 11.3. The Morgan fingerprint density at radius 2 is 1.81 bits per heavy atom. The summed E-state index contributed by atoms with van der Waals surface area (Å²) < 4.78 is 12.4. The molecule has 0 aliphatic carbocycles. The number of nitrogens with zero attached hydrogens (tertiary/aromatic N) is 2. The second-order valence-electron chi connectivity index (χ2n) is 9.09. The molecule has 8 nitrogen and oxygen atoms in total. The lowest BCUT2D eigenvalue weighted by molar-refractivity contribution is -0.119. The molecular weight excluding hydrogens is 468 g/mol. The normalized spacial score (nSPS) is 15.0. The van der Waals surface area contributed by atoms with Crippen LogP contribution >= 0.6 is 0 Å². The quantitative estimate of drug-likeness (QED) is 0.326. The van der Waals surface area contributed by atoms with Crippen LogP contribution in [0.15, 0.2) is 72.9 Å². The van der Waals surface area contributed by atoms with E-state index in [-0.39, 0.29) is 17.5 Å². The first kappa shape index (κ1) is 24.5. The number of amides is 1. The number of pyridine rings is 1. The van der Waals surface area contributed by atoms with Crippen LogP contribution in [0.1, 0.15) is 28.0 Å². The highest BCUT2D eigenvalue weighted by Gasteiger charge is 2.29.